The molecule has 0 spiro atoms. The van der Waals surface area contributed by atoms with E-state index in [1.165, 1.54) is 31.4 Å². The molecule has 36 heavy (non-hydrogen) atoms. The first-order chi connectivity index (χ1) is 17.1. The monoisotopic (exact) mass is 499 g/mol. The fraction of sp³-hybridized carbons (Fsp3) is 0.160. The van der Waals surface area contributed by atoms with Crippen molar-refractivity contribution < 1.29 is 37.7 Å². The van der Waals surface area contributed by atoms with Gasteiger partial charge in [-0.2, -0.15) is 0 Å². The van der Waals surface area contributed by atoms with E-state index < -0.39 is 35.1 Å². The Morgan fingerprint density at radius 2 is 1.47 bits per heavy atom. The van der Waals surface area contributed by atoms with Gasteiger partial charge in [0.1, 0.15) is 17.4 Å². The molecule has 0 aliphatic heterocycles. The number of ether oxygens (including phenoxy) is 2. The first-order valence-electron chi connectivity index (χ1n) is 10.6. The molecule has 0 bridgehead atoms. The molecule has 0 fully saturated rings. The number of methoxy groups -OCH3 is 1. The summed E-state index contributed by atoms with van der Waals surface area (Å²) in [5.74, 6) is -3.88. The van der Waals surface area contributed by atoms with Crippen molar-refractivity contribution in [2.75, 3.05) is 12.4 Å². The number of aromatic hydroxyl groups is 1. The van der Waals surface area contributed by atoms with Gasteiger partial charge in [-0.3, -0.25) is 25.2 Å². The molecule has 0 aromatic heterocycles. The van der Waals surface area contributed by atoms with Crippen molar-refractivity contribution >= 4 is 23.4 Å². The van der Waals surface area contributed by atoms with Crippen molar-refractivity contribution in [2.45, 2.75) is 20.0 Å². The molecule has 3 aromatic rings. The molecule has 11 heteroatoms. The molecule has 0 aliphatic rings. The number of hydrogen-bond acceptors (Lipinski definition) is 6. The van der Waals surface area contributed by atoms with Crippen LogP contribution in [0, 0.1) is 11.6 Å². The van der Waals surface area contributed by atoms with Crippen LogP contribution in [0.5, 0.6) is 17.2 Å². The van der Waals surface area contributed by atoms with Gasteiger partial charge in [0.25, 0.3) is 17.7 Å². The van der Waals surface area contributed by atoms with Crippen molar-refractivity contribution in [1.29, 1.82) is 0 Å². The Balaban J connectivity index is 1.64. The molecule has 3 rings (SSSR count). The molecule has 188 valence electrons. The summed E-state index contributed by atoms with van der Waals surface area (Å²) in [6.45, 7) is 3.69. The quantitative estimate of drug-likeness (QED) is 0.367. The highest BCUT2D eigenvalue weighted by Crippen LogP contribution is 2.29. The third-order valence-electron chi connectivity index (χ3n) is 4.70. The van der Waals surface area contributed by atoms with Gasteiger partial charge in [-0.25, -0.2) is 8.78 Å². The number of rotatable bonds is 7. The van der Waals surface area contributed by atoms with E-state index in [1.54, 1.807) is 6.07 Å². The number of halogens is 2. The lowest BCUT2D eigenvalue weighted by Crippen LogP contribution is -2.41. The van der Waals surface area contributed by atoms with Gasteiger partial charge in [-0.15, -0.1) is 0 Å². The van der Waals surface area contributed by atoms with Crippen molar-refractivity contribution in [2.24, 2.45) is 0 Å². The number of amides is 3. The number of hydrazine groups is 1. The van der Waals surface area contributed by atoms with Crippen LogP contribution in [0.25, 0.3) is 0 Å². The number of hydrogen-bond donors (Lipinski definition) is 4. The molecule has 0 atom stereocenters. The molecule has 4 N–H and O–H groups in total. The van der Waals surface area contributed by atoms with Crippen molar-refractivity contribution in [3.8, 4) is 17.2 Å². The number of phenols is 1. The lowest BCUT2D eigenvalue weighted by molar-refractivity contribution is 0.0845. The summed E-state index contributed by atoms with van der Waals surface area (Å²) in [5, 5.41) is 12.6. The first kappa shape index (κ1) is 25.9. The van der Waals surface area contributed by atoms with Crippen LogP contribution in [-0.2, 0) is 0 Å². The highest BCUT2D eigenvalue weighted by molar-refractivity contribution is 6.05. The van der Waals surface area contributed by atoms with Crippen LogP contribution in [0.4, 0.5) is 14.5 Å². The summed E-state index contributed by atoms with van der Waals surface area (Å²) < 4.78 is 37.5. The average Bonchev–Trinajstić information content (AvgIpc) is 2.81. The average molecular weight is 499 g/mol. The topological polar surface area (TPSA) is 126 Å². The van der Waals surface area contributed by atoms with Gasteiger partial charge in [0, 0.05) is 28.9 Å². The molecule has 0 unspecified atom stereocenters. The van der Waals surface area contributed by atoms with E-state index in [0.717, 1.165) is 18.2 Å². The molecule has 0 saturated carbocycles. The second kappa shape index (κ2) is 11.2. The number of phenolic OH excluding ortho intramolecular Hbond substituents is 1. The van der Waals surface area contributed by atoms with E-state index in [0.29, 0.717) is 17.6 Å². The van der Waals surface area contributed by atoms with Crippen molar-refractivity contribution in [1.82, 2.24) is 10.9 Å². The molecular formula is C25H23F2N3O6. The molecule has 9 nitrogen and oxygen atoms in total. The Morgan fingerprint density at radius 3 is 2.08 bits per heavy atom. The predicted octanol–water partition coefficient (Wildman–Crippen LogP) is 3.79. The van der Waals surface area contributed by atoms with E-state index in [2.05, 4.69) is 16.2 Å². The van der Waals surface area contributed by atoms with Gasteiger partial charge in [0.05, 0.1) is 18.8 Å². The molecule has 3 amide bonds. The second-order valence-corrected chi connectivity index (χ2v) is 7.78. The minimum atomic E-state index is -0.921. The van der Waals surface area contributed by atoms with Crippen molar-refractivity contribution in [3.05, 3.63) is 82.9 Å². The van der Waals surface area contributed by atoms with Gasteiger partial charge in [0.2, 0.25) is 0 Å². The fourth-order valence-corrected chi connectivity index (χ4v) is 3.10. The molecular weight excluding hydrogens is 476 g/mol. The van der Waals surface area contributed by atoms with Crippen LogP contribution < -0.4 is 25.6 Å². The van der Waals surface area contributed by atoms with Crippen LogP contribution in [0.3, 0.4) is 0 Å². The minimum absolute atomic E-state index is 0.0681. The number of carbonyl (C=O) groups excluding carboxylic acids is 3. The van der Waals surface area contributed by atoms with Crippen molar-refractivity contribution in [3.63, 3.8) is 0 Å². The zero-order valence-corrected chi connectivity index (χ0v) is 19.5. The van der Waals surface area contributed by atoms with Crippen LogP contribution in [0.1, 0.15) is 44.9 Å². The highest BCUT2D eigenvalue weighted by atomic mass is 19.1. The smallest absolute Gasteiger partial charge is 0.273 e. The Kier molecular flexibility index (Phi) is 8.05. The standard InChI is InChI=1S/C25H23F2N3O6/c1-13(2)36-21-7-4-14(10-22(21)35-3)24(33)29-30-25(34)19-6-5-18(12-20(19)31)28-23(32)15-8-16(26)11-17(27)9-15/h4-13,31H,1-3H3,(H,28,32)(H,29,33)(H,30,34). The molecule has 0 heterocycles. The summed E-state index contributed by atoms with van der Waals surface area (Å²) in [6.07, 6.45) is -0.102. The maximum atomic E-state index is 13.3. The molecule has 0 aliphatic carbocycles. The molecule has 3 aromatic carbocycles. The summed E-state index contributed by atoms with van der Waals surface area (Å²) in [6, 6.07) is 10.4. The van der Waals surface area contributed by atoms with Gasteiger partial charge >= 0.3 is 0 Å². The third-order valence-corrected chi connectivity index (χ3v) is 4.70. The highest BCUT2D eigenvalue weighted by Gasteiger charge is 2.17. The lowest BCUT2D eigenvalue weighted by atomic mass is 10.1. The lowest BCUT2D eigenvalue weighted by Gasteiger charge is -2.15. The second-order valence-electron chi connectivity index (χ2n) is 7.78. The number of anilines is 1. The fourth-order valence-electron chi connectivity index (χ4n) is 3.10. The number of nitrogens with one attached hydrogen (secondary N) is 3. The van der Waals surface area contributed by atoms with Gasteiger partial charge in [-0.1, -0.05) is 0 Å². The number of benzene rings is 3. The third kappa shape index (κ3) is 6.47. The summed E-state index contributed by atoms with van der Waals surface area (Å²) in [5.41, 5.74) is 4.18. The predicted molar refractivity (Wildman–Crippen MR) is 126 cm³/mol. The van der Waals surface area contributed by atoms with Gasteiger partial charge < -0.3 is 19.9 Å². The van der Waals surface area contributed by atoms with Crippen LogP contribution in [0.15, 0.2) is 54.6 Å². The van der Waals surface area contributed by atoms with Crippen LogP contribution >= 0.6 is 0 Å². The van der Waals surface area contributed by atoms with E-state index in [4.69, 9.17) is 9.47 Å². The van der Waals surface area contributed by atoms with E-state index >= 15 is 0 Å². The summed E-state index contributed by atoms with van der Waals surface area (Å²) in [4.78, 5) is 37.1. The maximum Gasteiger partial charge on any atom is 0.273 e. The van der Waals surface area contributed by atoms with Gasteiger partial charge in [-0.05, 0) is 56.3 Å². The number of carbonyl (C=O) groups is 3. The summed E-state index contributed by atoms with van der Waals surface area (Å²) >= 11 is 0. The Hall–Kier alpha value is -4.67. The molecule has 0 saturated heterocycles. The minimum Gasteiger partial charge on any atom is -0.507 e. The SMILES string of the molecule is COc1cc(C(=O)NNC(=O)c2ccc(NC(=O)c3cc(F)cc(F)c3)cc2O)ccc1OC(C)C. The largest absolute Gasteiger partial charge is 0.507 e. The normalized spacial score (nSPS) is 10.5. The molecule has 0 radical (unpaired) electrons. The Morgan fingerprint density at radius 1 is 0.806 bits per heavy atom. The Bertz CT molecular complexity index is 1290. The van der Waals surface area contributed by atoms with Crippen LogP contribution in [0.2, 0.25) is 0 Å². The van der Waals surface area contributed by atoms with E-state index in [9.17, 15) is 28.3 Å². The van der Waals surface area contributed by atoms with E-state index in [-0.39, 0.29) is 28.5 Å². The first-order valence-corrected chi connectivity index (χ1v) is 10.6. The maximum absolute atomic E-state index is 13.3. The zero-order chi connectivity index (χ0) is 26.4. The van der Waals surface area contributed by atoms with E-state index in [1.807, 2.05) is 13.8 Å². The Labute approximate surface area is 205 Å². The van der Waals surface area contributed by atoms with Crippen LogP contribution in [-0.4, -0.2) is 36.0 Å². The summed E-state index contributed by atoms with van der Waals surface area (Å²) in [7, 11) is 1.43. The zero-order valence-electron chi connectivity index (χ0n) is 19.5. The van der Waals surface area contributed by atoms with Gasteiger partial charge in [0.15, 0.2) is 11.5 Å².